The molecule has 0 amide bonds. The Balaban J connectivity index is 0. The molecule has 0 spiro atoms. The van der Waals surface area contributed by atoms with Gasteiger partial charge >= 0.3 is 0 Å². The molecule has 0 unspecified atom stereocenters. The Labute approximate surface area is 70.3 Å². The van der Waals surface area contributed by atoms with Gasteiger partial charge in [-0.25, -0.2) is 0 Å². The summed E-state index contributed by atoms with van der Waals surface area (Å²) in [7, 11) is 4.13. The molecule has 0 saturated heterocycles. The van der Waals surface area contributed by atoms with E-state index in [1.54, 1.807) is 0 Å². The van der Waals surface area contributed by atoms with E-state index in [0.717, 1.165) is 0 Å². The molecule has 64 valence electrons. The second kappa shape index (κ2) is 6.05. The molecule has 0 heterocycles. The molecule has 0 bridgehead atoms. The largest absolute Gasteiger partial charge is 0.256 e. The highest BCUT2D eigenvalue weighted by molar-refractivity contribution is 7.98. The molecule has 0 aromatic heterocycles. The Morgan fingerprint density at radius 3 is 1.30 bits per heavy atom. The normalized spacial score (nSPS) is 10.8. The molecule has 0 rings (SSSR count). The van der Waals surface area contributed by atoms with Gasteiger partial charge < -0.3 is 0 Å². The van der Waals surface area contributed by atoms with Crippen LogP contribution in [0.25, 0.3) is 0 Å². The van der Waals surface area contributed by atoms with Gasteiger partial charge in [-0.1, -0.05) is 25.8 Å². The molecule has 0 aliphatic heterocycles. The first kappa shape index (κ1) is 12.9. The van der Waals surface area contributed by atoms with E-state index >= 15 is 0 Å². The van der Waals surface area contributed by atoms with E-state index in [-0.39, 0.29) is 0 Å². The van der Waals surface area contributed by atoms with Gasteiger partial charge in [0.25, 0.3) is 0 Å². The second-order valence-corrected chi connectivity index (χ2v) is 5.15. The van der Waals surface area contributed by atoms with E-state index in [4.69, 9.17) is 0 Å². The van der Waals surface area contributed by atoms with Crippen molar-refractivity contribution in [2.75, 3.05) is 14.1 Å². The summed E-state index contributed by atoms with van der Waals surface area (Å²) in [6.07, 6.45) is 0. The van der Waals surface area contributed by atoms with Crippen LogP contribution in [0.2, 0.25) is 0 Å². The Bertz CT molecular complexity index is 64.1. The molecule has 10 heavy (non-hydrogen) atoms. The van der Waals surface area contributed by atoms with Crippen molar-refractivity contribution in [2.24, 2.45) is 0 Å². The topological polar surface area (TPSA) is 3.24 Å². The fraction of sp³-hybridized carbons (Fsp3) is 1.00. The minimum Gasteiger partial charge on any atom is -0.256 e. The number of hydrogen-bond acceptors (Lipinski definition) is 2. The molecule has 0 aliphatic carbocycles. The van der Waals surface area contributed by atoms with Crippen LogP contribution in [0.4, 0.5) is 0 Å². The van der Waals surface area contributed by atoms with Gasteiger partial charge in [0.2, 0.25) is 0 Å². The Hall–Kier alpha value is 0.310. The quantitative estimate of drug-likeness (QED) is 0.547. The summed E-state index contributed by atoms with van der Waals surface area (Å²) in [6, 6.07) is 0. The van der Waals surface area contributed by atoms with Crippen molar-refractivity contribution in [3.8, 4) is 0 Å². The van der Waals surface area contributed by atoms with Crippen LogP contribution in [-0.2, 0) is 0 Å². The maximum Gasteiger partial charge on any atom is 0.0222 e. The van der Waals surface area contributed by atoms with Crippen LogP contribution in [0.5, 0.6) is 0 Å². The third-order valence-corrected chi connectivity index (χ3v) is 1.37. The summed E-state index contributed by atoms with van der Waals surface area (Å²) < 4.78 is 2.49. The molecule has 0 aromatic carbocycles. The van der Waals surface area contributed by atoms with E-state index in [2.05, 4.69) is 39.2 Å². The van der Waals surface area contributed by atoms with Crippen LogP contribution in [0.15, 0.2) is 0 Å². The van der Waals surface area contributed by atoms with Crippen molar-refractivity contribution in [2.45, 2.75) is 39.4 Å². The van der Waals surface area contributed by atoms with Crippen LogP contribution < -0.4 is 0 Å². The van der Waals surface area contributed by atoms with Crippen LogP contribution in [-0.4, -0.2) is 23.1 Å². The van der Waals surface area contributed by atoms with Gasteiger partial charge in [0, 0.05) is 4.75 Å². The summed E-state index contributed by atoms with van der Waals surface area (Å²) in [5.74, 6) is 0. The first-order valence-corrected chi connectivity index (χ1v) is 4.55. The highest BCUT2D eigenvalue weighted by Gasteiger charge is 2.10. The number of rotatable bonds is 1. The van der Waals surface area contributed by atoms with Gasteiger partial charge in [0.1, 0.15) is 0 Å². The average molecular weight is 163 g/mol. The van der Waals surface area contributed by atoms with Crippen LogP contribution in [0, 0.1) is 0 Å². The van der Waals surface area contributed by atoms with Crippen molar-refractivity contribution in [1.29, 1.82) is 0 Å². The summed E-state index contributed by atoms with van der Waals surface area (Å²) in [5.41, 5.74) is 0. The fourth-order valence-electron chi connectivity index (χ4n) is 0.548. The summed E-state index contributed by atoms with van der Waals surface area (Å²) in [5, 5.41) is 0. The van der Waals surface area contributed by atoms with E-state index in [1.165, 1.54) is 0 Å². The second-order valence-electron chi connectivity index (χ2n) is 3.02. The molecule has 0 aliphatic rings. The van der Waals surface area contributed by atoms with E-state index in [1.807, 2.05) is 25.8 Å². The van der Waals surface area contributed by atoms with Gasteiger partial charge in [0.05, 0.1) is 0 Å². The lowest BCUT2D eigenvalue weighted by molar-refractivity contribution is 0.666. The van der Waals surface area contributed by atoms with E-state index in [9.17, 15) is 0 Å². The zero-order valence-electron chi connectivity index (χ0n) is 8.36. The lowest BCUT2D eigenvalue weighted by atomic mass is 10.3. The molecular formula is C8H21NS. The third kappa shape index (κ3) is 15.7. The van der Waals surface area contributed by atoms with Gasteiger partial charge in [-0.05, 0) is 34.9 Å². The zero-order valence-corrected chi connectivity index (χ0v) is 9.17. The molecule has 0 fully saturated rings. The van der Waals surface area contributed by atoms with Gasteiger partial charge in [0.15, 0.2) is 0 Å². The Morgan fingerprint density at radius 1 is 1.00 bits per heavy atom. The Kier molecular flexibility index (Phi) is 7.83. The lowest BCUT2D eigenvalue weighted by Gasteiger charge is -2.21. The summed E-state index contributed by atoms with van der Waals surface area (Å²) in [6.45, 7) is 10.6. The first-order valence-electron chi connectivity index (χ1n) is 3.78. The molecule has 1 nitrogen and oxygen atoms in total. The van der Waals surface area contributed by atoms with E-state index < -0.39 is 0 Å². The zero-order chi connectivity index (χ0) is 8.78. The van der Waals surface area contributed by atoms with Gasteiger partial charge in [-0.2, -0.15) is 0 Å². The molecule has 0 saturated carbocycles. The number of hydrogen-bond donors (Lipinski definition) is 0. The highest BCUT2D eigenvalue weighted by atomic mass is 32.2. The average Bonchev–Trinajstić information content (AvgIpc) is 1.64. The predicted molar refractivity (Wildman–Crippen MR) is 52.4 cm³/mol. The summed E-state index contributed by atoms with van der Waals surface area (Å²) >= 11 is 1.84. The lowest BCUT2D eigenvalue weighted by Crippen LogP contribution is -2.15. The molecule has 0 radical (unpaired) electrons. The van der Waals surface area contributed by atoms with Crippen molar-refractivity contribution < 1.29 is 0 Å². The maximum absolute atomic E-state index is 2.21. The van der Waals surface area contributed by atoms with Crippen molar-refractivity contribution in [1.82, 2.24) is 4.31 Å². The standard InChI is InChI=1S/C6H15NS.C2H6/c1-6(2,3)8-7(4)5;1-2/h1-5H3;1-2H3. The van der Waals surface area contributed by atoms with Gasteiger partial charge in [-0.15, -0.1) is 0 Å². The highest BCUT2D eigenvalue weighted by Crippen LogP contribution is 2.23. The van der Waals surface area contributed by atoms with Crippen LogP contribution >= 0.6 is 11.9 Å². The molecule has 0 atom stereocenters. The summed E-state index contributed by atoms with van der Waals surface area (Å²) in [4.78, 5) is 0. The molecule has 2 heteroatoms. The third-order valence-electron chi connectivity index (χ3n) is 0.456. The van der Waals surface area contributed by atoms with E-state index in [0.29, 0.717) is 4.75 Å². The van der Waals surface area contributed by atoms with Gasteiger partial charge in [-0.3, -0.25) is 4.31 Å². The SMILES string of the molecule is CC.CN(C)SC(C)(C)C. The van der Waals surface area contributed by atoms with Crippen molar-refractivity contribution in [3.63, 3.8) is 0 Å². The monoisotopic (exact) mass is 163 g/mol. The smallest absolute Gasteiger partial charge is 0.0222 e. The van der Waals surface area contributed by atoms with Crippen molar-refractivity contribution in [3.05, 3.63) is 0 Å². The van der Waals surface area contributed by atoms with Crippen molar-refractivity contribution >= 4 is 11.9 Å². The molecular weight excluding hydrogens is 142 g/mol. The maximum atomic E-state index is 2.21. The molecule has 0 aromatic rings. The van der Waals surface area contributed by atoms with Crippen LogP contribution in [0.1, 0.15) is 34.6 Å². The minimum absolute atomic E-state index is 0.365. The van der Waals surface area contributed by atoms with Crippen LogP contribution in [0.3, 0.4) is 0 Å². The first-order chi connectivity index (χ1) is 4.42. The minimum atomic E-state index is 0.365. The molecule has 0 N–H and O–H groups in total. The predicted octanol–water partition coefficient (Wildman–Crippen LogP) is 3.02. The number of nitrogens with zero attached hydrogens (tertiary/aromatic N) is 1. The fourth-order valence-corrected chi connectivity index (χ4v) is 1.64. The Morgan fingerprint density at radius 2 is 1.30 bits per heavy atom.